The quantitative estimate of drug-likeness (QED) is 0.836. The van der Waals surface area contributed by atoms with Crippen LogP contribution < -0.4 is 5.32 Å². The maximum Gasteiger partial charge on any atom is 0.251 e. The summed E-state index contributed by atoms with van der Waals surface area (Å²) in [6.07, 6.45) is 1.68. The maximum absolute atomic E-state index is 13.8. The summed E-state index contributed by atoms with van der Waals surface area (Å²) in [5, 5.41) is 14.9. The van der Waals surface area contributed by atoms with Crippen molar-refractivity contribution in [2.45, 2.75) is 13.0 Å². The van der Waals surface area contributed by atoms with Gasteiger partial charge in [0.25, 0.3) is 5.91 Å². The molecule has 21 heavy (non-hydrogen) atoms. The summed E-state index contributed by atoms with van der Waals surface area (Å²) in [5.74, 6) is 4.24. The molecule has 2 N–H and O–H groups in total. The van der Waals surface area contributed by atoms with E-state index in [1.165, 1.54) is 18.4 Å². The topological polar surface area (TPSA) is 75.4 Å². The number of aliphatic hydroxyl groups is 1. The first-order valence-corrected chi connectivity index (χ1v) is 6.27. The minimum atomic E-state index is -0.575. The number of hydrogen-bond donors (Lipinski definition) is 2. The van der Waals surface area contributed by atoms with Crippen molar-refractivity contribution in [3.05, 3.63) is 53.2 Å². The third-order valence-corrected chi connectivity index (χ3v) is 2.61. The first-order valence-electron chi connectivity index (χ1n) is 6.27. The number of nitrogens with zero attached hydrogens (tertiary/aromatic N) is 1. The number of rotatable bonds is 4. The van der Waals surface area contributed by atoms with Crippen molar-refractivity contribution >= 4 is 5.91 Å². The zero-order valence-electron chi connectivity index (χ0n) is 11.1. The number of benzene rings is 1. The first-order chi connectivity index (χ1) is 10.2. The molecule has 0 aliphatic rings. The number of halogens is 1. The normalized spacial score (nSPS) is 9.81. The van der Waals surface area contributed by atoms with E-state index >= 15 is 0 Å². The molecule has 0 saturated carbocycles. The molecule has 0 spiro atoms. The second-order valence-electron chi connectivity index (χ2n) is 4.14. The largest absolute Gasteiger partial charge is 0.395 e. The predicted molar refractivity (Wildman–Crippen MR) is 72.7 cm³/mol. The molecular weight excluding hydrogens is 275 g/mol. The van der Waals surface area contributed by atoms with Crippen LogP contribution in [0.1, 0.15) is 28.0 Å². The van der Waals surface area contributed by atoms with Crippen molar-refractivity contribution < 1.29 is 18.8 Å². The molecule has 6 heteroatoms. The van der Waals surface area contributed by atoms with Crippen LogP contribution in [0.5, 0.6) is 0 Å². The molecule has 0 saturated heterocycles. The van der Waals surface area contributed by atoms with E-state index in [1.54, 1.807) is 6.07 Å². The highest BCUT2D eigenvalue weighted by atomic mass is 19.1. The van der Waals surface area contributed by atoms with Crippen LogP contribution in [-0.2, 0) is 6.54 Å². The van der Waals surface area contributed by atoms with Crippen LogP contribution >= 0.6 is 0 Å². The van der Waals surface area contributed by atoms with Gasteiger partial charge in [-0.1, -0.05) is 17.0 Å². The summed E-state index contributed by atoms with van der Waals surface area (Å²) < 4.78 is 18.4. The Balaban J connectivity index is 2.02. The highest BCUT2D eigenvalue weighted by Gasteiger charge is 2.09. The van der Waals surface area contributed by atoms with Gasteiger partial charge < -0.3 is 14.9 Å². The lowest BCUT2D eigenvalue weighted by atomic mass is 10.1. The Labute approximate surface area is 120 Å². The minimum Gasteiger partial charge on any atom is -0.395 e. The zero-order chi connectivity index (χ0) is 15.1. The lowest BCUT2D eigenvalue weighted by molar-refractivity contribution is 0.0949. The van der Waals surface area contributed by atoms with Crippen molar-refractivity contribution in [1.29, 1.82) is 0 Å². The third kappa shape index (κ3) is 4.16. The summed E-state index contributed by atoms with van der Waals surface area (Å²) in [6.45, 7) is 0.131. The minimum absolute atomic E-state index is 0.0723. The van der Waals surface area contributed by atoms with Gasteiger partial charge in [-0.05, 0) is 18.2 Å². The van der Waals surface area contributed by atoms with Crippen LogP contribution in [0.15, 0.2) is 35.1 Å². The summed E-state index contributed by atoms with van der Waals surface area (Å²) in [7, 11) is 0. The van der Waals surface area contributed by atoms with Gasteiger partial charge in [0.1, 0.15) is 17.8 Å². The number of hydrogen-bond acceptors (Lipinski definition) is 4. The molecule has 5 nitrogen and oxygen atoms in total. The molecule has 1 aromatic carbocycles. The van der Waals surface area contributed by atoms with Crippen LogP contribution in [0.25, 0.3) is 0 Å². The van der Waals surface area contributed by atoms with Crippen LogP contribution in [-0.4, -0.2) is 22.8 Å². The Morgan fingerprint density at radius 1 is 1.43 bits per heavy atom. The van der Waals surface area contributed by atoms with Crippen molar-refractivity contribution in [2.75, 3.05) is 6.61 Å². The van der Waals surface area contributed by atoms with E-state index in [0.29, 0.717) is 5.69 Å². The van der Waals surface area contributed by atoms with Crippen molar-refractivity contribution in [3.63, 3.8) is 0 Å². The lowest BCUT2D eigenvalue weighted by Gasteiger charge is -2.04. The highest BCUT2D eigenvalue weighted by Crippen LogP contribution is 2.10. The van der Waals surface area contributed by atoms with Crippen LogP contribution in [0, 0.1) is 17.7 Å². The molecule has 0 atom stereocenters. The first kappa shape index (κ1) is 14.8. The number of carbonyl (C=O) groups excluding carboxylic acids is 1. The van der Waals surface area contributed by atoms with E-state index in [-0.39, 0.29) is 30.7 Å². The highest BCUT2D eigenvalue weighted by molar-refractivity contribution is 5.94. The van der Waals surface area contributed by atoms with E-state index in [2.05, 4.69) is 26.8 Å². The van der Waals surface area contributed by atoms with Gasteiger partial charge in [-0.2, -0.15) is 0 Å². The number of carbonyl (C=O) groups is 1. The molecule has 2 rings (SSSR count). The Kier molecular flexibility index (Phi) is 5.07. The molecule has 0 aliphatic carbocycles. The third-order valence-electron chi connectivity index (χ3n) is 2.61. The van der Waals surface area contributed by atoms with Gasteiger partial charge in [0, 0.05) is 18.1 Å². The molecule has 1 heterocycles. The Hall–Kier alpha value is -2.65. The van der Waals surface area contributed by atoms with E-state index in [1.807, 2.05) is 0 Å². The summed E-state index contributed by atoms with van der Waals surface area (Å²) >= 11 is 0. The average Bonchev–Trinajstić information content (AvgIpc) is 3.00. The molecule has 0 bridgehead atoms. The molecule has 1 amide bonds. The molecule has 1 aromatic heterocycles. The van der Waals surface area contributed by atoms with Gasteiger partial charge in [0.15, 0.2) is 0 Å². The number of aliphatic hydroxyl groups excluding tert-OH is 1. The van der Waals surface area contributed by atoms with E-state index in [9.17, 15) is 9.18 Å². The van der Waals surface area contributed by atoms with Crippen LogP contribution in [0.4, 0.5) is 4.39 Å². The molecule has 2 aromatic rings. The Bertz CT molecular complexity index is 672. The second kappa shape index (κ2) is 7.22. The van der Waals surface area contributed by atoms with Crippen LogP contribution in [0.3, 0.4) is 0 Å². The van der Waals surface area contributed by atoms with Crippen LogP contribution in [0.2, 0.25) is 0 Å². The number of aromatic nitrogens is 1. The standard InChI is InChI=1S/C15H13FN2O3/c16-14-9-12(5-4-11(14)3-1-2-7-19)15(20)17-10-13-6-8-21-18-13/h4-6,8-9,19H,2,7,10H2,(H,17,20). The fourth-order valence-electron chi connectivity index (χ4n) is 1.57. The smallest absolute Gasteiger partial charge is 0.251 e. The Morgan fingerprint density at radius 3 is 2.95 bits per heavy atom. The van der Waals surface area contributed by atoms with E-state index in [4.69, 9.17) is 5.11 Å². The fourth-order valence-corrected chi connectivity index (χ4v) is 1.57. The summed E-state index contributed by atoms with van der Waals surface area (Å²) in [5.41, 5.74) is 0.968. The van der Waals surface area contributed by atoms with Gasteiger partial charge in [-0.15, -0.1) is 0 Å². The molecule has 0 unspecified atom stereocenters. The second-order valence-corrected chi connectivity index (χ2v) is 4.14. The fraction of sp³-hybridized carbons (Fsp3) is 0.200. The van der Waals surface area contributed by atoms with Crippen molar-refractivity contribution in [3.8, 4) is 11.8 Å². The maximum atomic E-state index is 13.8. The van der Waals surface area contributed by atoms with Gasteiger partial charge in [-0.25, -0.2) is 4.39 Å². The van der Waals surface area contributed by atoms with E-state index < -0.39 is 11.7 Å². The molecule has 0 radical (unpaired) electrons. The number of amides is 1. The summed E-state index contributed by atoms with van der Waals surface area (Å²) in [6, 6.07) is 5.68. The Morgan fingerprint density at radius 2 is 2.29 bits per heavy atom. The number of nitrogens with one attached hydrogen (secondary N) is 1. The summed E-state index contributed by atoms with van der Waals surface area (Å²) in [4.78, 5) is 11.9. The SMILES string of the molecule is O=C(NCc1ccon1)c1ccc(C#CCCO)c(F)c1. The van der Waals surface area contributed by atoms with E-state index in [0.717, 1.165) is 6.07 Å². The van der Waals surface area contributed by atoms with Gasteiger partial charge in [-0.3, -0.25) is 4.79 Å². The molecule has 0 fully saturated rings. The monoisotopic (exact) mass is 288 g/mol. The van der Waals surface area contributed by atoms with Crippen molar-refractivity contribution in [1.82, 2.24) is 10.5 Å². The zero-order valence-corrected chi connectivity index (χ0v) is 11.1. The van der Waals surface area contributed by atoms with Gasteiger partial charge >= 0.3 is 0 Å². The molecule has 0 aliphatic heterocycles. The van der Waals surface area contributed by atoms with Gasteiger partial charge in [0.05, 0.1) is 18.7 Å². The molecular formula is C15H13FN2O3. The van der Waals surface area contributed by atoms with Crippen molar-refractivity contribution in [2.24, 2.45) is 0 Å². The van der Waals surface area contributed by atoms with Gasteiger partial charge in [0.2, 0.25) is 0 Å². The predicted octanol–water partition coefficient (Wildman–Crippen LogP) is 1.48. The molecule has 108 valence electrons. The average molecular weight is 288 g/mol. The lowest BCUT2D eigenvalue weighted by Crippen LogP contribution is -2.23.